The third kappa shape index (κ3) is 0.855. The largest absolute Gasteiger partial charge is 0.397 e. The van der Waals surface area contributed by atoms with E-state index in [0.717, 1.165) is 0 Å². The van der Waals surface area contributed by atoms with Gasteiger partial charge in [-0.05, 0) is 0 Å². The Kier molecular flexibility index (Phi) is 0.898. The predicted octanol–water partition coefficient (Wildman–Crippen LogP) is -0.765. The van der Waals surface area contributed by atoms with E-state index in [1.54, 1.807) is 12.3 Å². The fourth-order valence-electron chi connectivity index (χ4n) is 0.301. The van der Waals surface area contributed by atoms with Crippen molar-refractivity contribution in [2.24, 2.45) is 10.8 Å². The first-order valence-corrected chi connectivity index (χ1v) is 1.92. The Morgan fingerprint density at radius 1 is 1.71 bits per heavy atom. The Hall–Kier alpha value is -1.12. The molecule has 0 unspecified atom stereocenters. The molecule has 7 heavy (non-hydrogen) atoms. The second-order valence-corrected chi connectivity index (χ2v) is 1.18. The van der Waals surface area contributed by atoms with Crippen LogP contribution < -0.4 is 10.8 Å². The molecule has 0 aromatic heterocycles. The average Bonchev–Trinajstić information content (AvgIpc) is 1.69. The first kappa shape index (κ1) is 4.05. The van der Waals surface area contributed by atoms with E-state index in [2.05, 4.69) is 10.2 Å². The molecule has 1 radical (unpaired) electrons. The lowest BCUT2D eigenvalue weighted by Crippen LogP contribution is -2.03. The van der Waals surface area contributed by atoms with Crippen molar-refractivity contribution in [2.45, 2.75) is 0 Å². The molecule has 35 valence electrons. The molecule has 0 atom stereocenters. The van der Waals surface area contributed by atoms with Gasteiger partial charge in [0.05, 0.1) is 10.8 Å². The topological polar surface area (TPSA) is 52.5 Å². The molecule has 0 fully saturated rings. The lowest BCUT2D eigenvalue weighted by atomic mass is 10.4. The van der Waals surface area contributed by atoms with Gasteiger partial charge in [-0.3, -0.25) is 0 Å². The maximum Gasteiger partial charge on any atom is 0.280 e. The second-order valence-electron chi connectivity index (χ2n) is 1.18. The van der Waals surface area contributed by atoms with Gasteiger partial charge in [-0.2, -0.15) is 0 Å². The van der Waals surface area contributed by atoms with E-state index in [0.29, 0.717) is 5.70 Å². The highest BCUT2D eigenvalue weighted by atomic mass is 15.2. The van der Waals surface area contributed by atoms with Crippen molar-refractivity contribution in [2.75, 3.05) is 0 Å². The summed E-state index contributed by atoms with van der Waals surface area (Å²) in [6.45, 7) is 0. The van der Waals surface area contributed by atoms with Crippen molar-refractivity contribution in [3.05, 3.63) is 11.8 Å². The maximum atomic E-state index is 5.26. The van der Waals surface area contributed by atoms with Gasteiger partial charge in [-0.1, -0.05) is 0 Å². The van der Waals surface area contributed by atoms with Crippen LogP contribution in [0.3, 0.4) is 0 Å². The van der Waals surface area contributed by atoms with Crippen LogP contribution in [0.2, 0.25) is 0 Å². The lowest BCUT2D eigenvalue weighted by molar-refractivity contribution is 1.11. The van der Waals surface area contributed by atoms with Crippen LogP contribution in [0.4, 0.5) is 0 Å². The van der Waals surface area contributed by atoms with Gasteiger partial charge in [0.25, 0.3) is 6.21 Å². The van der Waals surface area contributed by atoms with E-state index in [1.807, 2.05) is 0 Å². The molecular weight excluding hydrogens is 90.1 g/mol. The van der Waals surface area contributed by atoms with Crippen LogP contribution in [0.5, 0.6) is 0 Å². The molecule has 1 aliphatic heterocycles. The molecule has 0 saturated heterocycles. The first-order chi connectivity index (χ1) is 3.39. The highest BCUT2D eigenvalue weighted by Crippen LogP contribution is 1.76. The van der Waals surface area contributed by atoms with Gasteiger partial charge < -0.3 is 5.73 Å². The zero-order valence-electron chi connectivity index (χ0n) is 3.70. The van der Waals surface area contributed by atoms with Crippen LogP contribution in [-0.2, 0) is 0 Å². The van der Waals surface area contributed by atoms with Crippen LogP contribution in [0.25, 0.3) is 0 Å². The zero-order valence-corrected chi connectivity index (χ0v) is 3.70. The number of nitrogens with two attached hydrogens (primary N) is 1. The van der Waals surface area contributed by atoms with Crippen molar-refractivity contribution in [3.8, 4) is 0 Å². The normalized spacial score (nSPS) is 16.9. The highest BCUT2D eigenvalue weighted by molar-refractivity contribution is 5.87. The van der Waals surface area contributed by atoms with Crippen molar-refractivity contribution in [3.63, 3.8) is 0 Å². The highest BCUT2D eigenvalue weighted by Gasteiger charge is 1.92. The van der Waals surface area contributed by atoms with Crippen LogP contribution >= 0.6 is 0 Å². The number of nitrogens with zero attached hydrogens (tertiary/aromatic N) is 2. The summed E-state index contributed by atoms with van der Waals surface area (Å²) < 4.78 is 0. The van der Waals surface area contributed by atoms with E-state index in [-0.39, 0.29) is 0 Å². The average molecular weight is 95.1 g/mol. The van der Waals surface area contributed by atoms with Crippen molar-refractivity contribution < 1.29 is 0 Å². The molecule has 0 amide bonds. The summed E-state index contributed by atoms with van der Waals surface area (Å²) in [5, 5.41) is 7.02. The first-order valence-electron chi connectivity index (χ1n) is 1.92. The summed E-state index contributed by atoms with van der Waals surface area (Å²) in [6.07, 6.45) is 4.74. The standard InChI is InChI=1S/C4H5N3/c5-4-1-2-6-7-3-4/h1-3H,5H2/q+1. The van der Waals surface area contributed by atoms with Gasteiger partial charge in [-0.15, -0.1) is 0 Å². The fourth-order valence-corrected chi connectivity index (χ4v) is 0.301. The minimum absolute atomic E-state index is 0.648. The predicted molar refractivity (Wildman–Crippen MR) is 29.0 cm³/mol. The molecule has 1 aliphatic rings. The van der Waals surface area contributed by atoms with Crippen molar-refractivity contribution in [1.82, 2.24) is 5.10 Å². The number of allylic oxidation sites excluding steroid dienone is 2. The van der Waals surface area contributed by atoms with E-state index >= 15 is 0 Å². The Bertz CT molecular complexity index is 143. The second kappa shape index (κ2) is 1.55. The molecule has 0 aromatic carbocycles. The lowest BCUT2D eigenvalue weighted by Gasteiger charge is -1.79. The third-order valence-electron chi connectivity index (χ3n) is 0.607. The minimum atomic E-state index is 0.648. The Labute approximate surface area is 41.2 Å². The molecule has 1 rings (SSSR count). The summed E-state index contributed by atoms with van der Waals surface area (Å²) in [6, 6.07) is 0. The maximum absolute atomic E-state index is 5.26. The number of rotatable bonds is 0. The molecule has 1 heterocycles. The summed E-state index contributed by atoms with van der Waals surface area (Å²) in [5.74, 6) is 0. The molecule has 3 nitrogen and oxygen atoms in total. The van der Waals surface area contributed by atoms with Gasteiger partial charge >= 0.3 is 0 Å². The van der Waals surface area contributed by atoms with Crippen molar-refractivity contribution >= 4 is 12.4 Å². The van der Waals surface area contributed by atoms with Crippen LogP contribution in [-0.4, -0.2) is 12.4 Å². The Balaban J connectivity index is 2.82. The monoisotopic (exact) mass is 95.0 g/mol. The molecule has 0 aromatic rings. The van der Waals surface area contributed by atoms with E-state index < -0.39 is 0 Å². The van der Waals surface area contributed by atoms with Gasteiger partial charge in [0.1, 0.15) is 6.21 Å². The minimum Gasteiger partial charge on any atom is -0.397 e. The quantitative estimate of drug-likeness (QED) is 0.422. The van der Waals surface area contributed by atoms with E-state index in [4.69, 9.17) is 5.73 Å². The van der Waals surface area contributed by atoms with Crippen LogP contribution in [0.15, 0.2) is 16.9 Å². The van der Waals surface area contributed by atoms with Crippen molar-refractivity contribution in [1.29, 1.82) is 0 Å². The Morgan fingerprint density at radius 3 is 2.86 bits per heavy atom. The van der Waals surface area contributed by atoms with Gasteiger partial charge in [0, 0.05) is 6.08 Å². The molecule has 3 heteroatoms. The van der Waals surface area contributed by atoms with Crippen LogP contribution in [0, 0.1) is 0 Å². The van der Waals surface area contributed by atoms with Gasteiger partial charge in [0.2, 0.25) is 0 Å². The number of hydrogen-bond acceptors (Lipinski definition) is 3. The van der Waals surface area contributed by atoms with E-state index in [1.165, 1.54) is 6.21 Å². The summed E-state index contributed by atoms with van der Waals surface area (Å²) in [7, 11) is 0. The number of hydrogen-bond donors (Lipinski definition) is 1. The third-order valence-corrected chi connectivity index (χ3v) is 0.607. The zero-order chi connectivity index (χ0) is 5.11. The molecule has 2 N–H and O–H groups in total. The summed E-state index contributed by atoms with van der Waals surface area (Å²) in [4.78, 5) is 0. The van der Waals surface area contributed by atoms with E-state index in [9.17, 15) is 0 Å². The summed E-state index contributed by atoms with van der Waals surface area (Å²) in [5.41, 5.74) is 5.90. The fraction of sp³-hybridized carbons (Fsp3) is 0. The Morgan fingerprint density at radius 2 is 2.57 bits per heavy atom. The molecule has 0 aliphatic carbocycles. The molecule has 0 saturated carbocycles. The van der Waals surface area contributed by atoms with Gasteiger partial charge in [-0.25, -0.2) is 0 Å². The SMILES string of the molecule is NC1=CC=[N+]N=C1. The molecular formula is C4H5N3+. The smallest absolute Gasteiger partial charge is 0.280 e. The molecule has 0 spiro atoms. The molecule has 0 bridgehead atoms. The van der Waals surface area contributed by atoms with Crippen LogP contribution in [0.1, 0.15) is 0 Å². The summed E-state index contributed by atoms with van der Waals surface area (Å²) >= 11 is 0. The van der Waals surface area contributed by atoms with Gasteiger partial charge in [0.15, 0.2) is 5.10 Å².